The SMILES string of the molecule is Cc1cc(/C=C2\SC(=S)N(c3ccccc3)C2=O)ccc1F. The number of hydrogen-bond donors (Lipinski definition) is 0. The molecule has 1 fully saturated rings. The molecule has 0 atom stereocenters. The monoisotopic (exact) mass is 329 g/mol. The van der Waals surface area contributed by atoms with E-state index in [1.54, 1.807) is 25.1 Å². The second kappa shape index (κ2) is 6.02. The number of aryl methyl sites for hydroxylation is 1. The van der Waals surface area contributed by atoms with Crippen molar-refractivity contribution < 1.29 is 9.18 Å². The molecule has 2 aromatic carbocycles. The quantitative estimate of drug-likeness (QED) is 0.596. The van der Waals surface area contributed by atoms with Gasteiger partial charge in [0, 0.05) is 0 Å². The molecule has 5 heteroatoms. The molecule has 0 N–H and O–H groups in total. The molecular formula is C17H12FNOS2. The molecule has 0 spiro atoms. The fraction of sp³-hybridized carbons (Fsp3) is 0.0588. The summed E-state index contributed by atoms with van der Waals surface area (Å²) in [5, 5.41) is 0. The highest BCUT2D eigenvalue weighted by Crippen LogP contribution is 2.35. The standard InChI is InChI=1S/C17H12FNOS2/c1-11-9-12(7-8-14(11)18)10-15-16(20)19(17(21)22-15)13-5-3-2-4-6-13/h2-10H,1H3/b15-10-. The van der Waals surface area contributed by atoms with Crippen molar-refractivity contribution in [2.24, 2.45) is 0 Å². The van der Waals surface area contributed by atoms with E-state index in [9.17, 15) is 9.18 Å². The lowest BCUT2D eigenvalue weighted by Crippen LogP contribution is -2.27. The van der Waals surface area contributed by atoms with Crippen LogP contribution in [0.2, 0.25) is 0 Å². The van der Waals surface area contributed by atoms with E-state index in [1.165, 1.54) is 22.7 Å². The largest absolute Gasteiger partial charge is 0.270 e. The highest BCUT2D eigenvalue weighted by Gasteiger charge is 2.33. The number of anilines is 1. The van der Waals surface area contributed by atoms with Gasteiger partial charge in [0.2, 0.25) is 0 Å². The number of nitrogens with zero attached hydrogens (tertiary/aromatic N) is 1. The van der Waals surface area contributed by atoms with Crippen LogP contribution in [-0.2, 0) is 4.79 Å². The second-order valence-corrected chi connectivity index (χ2v) is 6.54. The summed E-state index contributed by atoms with van der Waals surface area (Å²) >= 11 is 6.56. The van der Waals surface area contributed by atoms with Crippen molar-refractivity contribution in [2.45, 2.75) is 6.92 Å². The van der Waals surface area contributed by atoms with Gasteiger partial charge in [-0.05, 0) is 48.4 Å². The van der Waals surface area contributed by atoms with E-state index in [0.717, 1.165) is 11.3 Å². The third kappa shape index (κ3) is 2.82. The fourth-order valence-corrected chi connectivity index (χ4v) is 3.48. The van der Waals surface area contributed by atoms with Crippen LogP contribution in [0.15, 0.2) is 53.4 Å². The number of benzene rings is 2. The number of thioether (sulfide) groups is 1. The molecule has 1 heterocycles. The number of thiocarbonyl (C=S) groups is 1. The zero-order valence-corrected chi connectivity index (χ0v) is 13.4. The van der Waals surface area contributed by atoms with Crippen LogP contribution < -0.4 is 4.90 Å². The summed E-state index contributed by atoms with van der Waals surface area (Å²) < 4.78 is 13.8. The number of amides is 1. The summed E-state index contributed by atoms with van der Waals surface area (Å²) in [6.45, 7) is 1.70. The van der Waals surface area contributed by atoms with Crippen molar-refractivity contribution in [2.75, 3.05) is 4.90 Å². The van der Waals surface area contributed by atoms with Gasteiger partial charge in [-0.15, -0.1) is 0 Å². The maximum atomic E-state index is 13.3. The van der Waals surface area contributed by atoms with Crippen LogP contribution in [0.5, 0.6) is 0 Å². The average molecular weight is 329 g/mol. The Morgan fingerprint density at radius 1 is 1.18 bits per heavy atom. The van der Waals surface area contributed by atoms with Crippen LogP contribution in [0.3, 0.4) is 0 Å². The number of halogens is 1. The van der Waals surface area contributed by atoms with Gasteiger partial charge in [0.15, 0.2) is 4.32 Å². The maximum Gasteiger partial charge on any atom is 0.270 e. The molecule has 110 valence electrons. The molecule has 0 aliphatic carbocycles. The summed E-state index contributed by atoms with van der Waals surface area (Å²) in [4.78, 5) is 14.6. The highest BCUT2D eigenvalue weighted by molar-refractivity contribution is 8.27. The van der Waals surface area contributed by atoms with Crippen molar-refractivity contribution in [3.63, 3.8) is 0 Å². The Morgan fingerprint density at radius 2 is 1.91 bits per heavy atom. The van der Waals surface area contributed by atoms with Crippen LogP contribution >= 0.6 is 24.0 Å². The lowest BCUT2D eigenvalue weighted by Gasteiger charge is -2.13. The average Bonchev–Trinajstić information content (AvgIpc) is 2.78. The molecule has 1 saturated heterocycles. The second-order valence-electron chi connectivity index (χ2n) is 4.86. The molecule has 22 heavy (non-hydrogen) atoms. The predicted molar refractivity (Wildman–Crippen MR) is 93.2 cm³/mol. The fourth-order valence-electron chi connectivity index (χ4n) is 2.18. The number of carbonyl (C=O) groups is 1. The lowest BCUT2D eigenvalue weighted by molar-refractivity contribution is -0.113. The summed E-state index contributed by atoms with van der Waals surface area (Å²) in [7, 11) is 0. The van der Waals surface area contributed by atoms with Gasteiger partial charge < -0.3 is 0 Å². The molecular weight excluding hydrogens is 317 g/mol. The minimum atomic E-state index is -0.256. The maximum absolute atomic E-state index is 13.3. The first-order valence-electron chi connectivity index (χ1n) is 6.65. The van der Waals surface area contributed by atoms with Crippen molar-refractivity contribution in [1.29, 1.82) is 0 Å². The molecule has 0 aromatic heterocycles. The summed E-state index contributed by atoms with van der Waals surface area (Å²) in [5.41, 5.74) is 2.09. The smallest absolute Gasteiger partial charge is 0.268 e. The summed E-state index contributed by atoms with van der Waals surface area (Å²) in [6.07, 6.45) is 1.74. The van der Waals surface area contributed by atoms with E-state index in [2.05, 4.69) is 0 Å². The Labute approximate surface area is 137 Å². The molecule has 2 aromatic rings. The van der Waals surface area contributed by atoms with Gasteiger partial charge >= 0.3 is 0 Å². The Kier molecular flexibility index (Phi) is 4.09. The third-order valence-corrected chi connectivity index (χ3v) is 4.59. The first-order chi connectivity index (χ1) is 10.6. The number of para-hydroxylation sites is 1. The van der Waals surface area contributed by atoms with E-state index in [0.29, 0.717) is 14.8 Å². The lowest BCUT2D eigenvalue weighted by atomic mass is 10.1. The molecule has 0 radical (unpaired) electrons. The first kappa shape index (κ1) is 14.9. The van der Waals surface area contributed by atoms with Gasteiger partial charge in [-0.3, -0.25) is 9.69 Å². The Bertz CT molecular complexity index is 787. The van der Waals surface area contributed by atoms with Crippen LogP contribution in [-0.4, -0.2) is 10.2 Å². The Morgan fingerprint density at radius 3 is 2.59 bits per heavy atom. The zero-order valence-electron chi connectivity index (χ0n) is 11.7. The van der Waals surface area contributed by atoms with E-state index >= 15 is 0 Å². The van der Waals surface area contributed by atoms with Gasteiger partial charge in [-0.2, -0.15) is 0 Å². The van der Waals surface area contributed by atoms with Gasteiger partial charge in [0.05, 0.1) is 10.6 Å². The molecule has 0 unspecified atom stereocenters. The normalized spacial score (nSPS) is 16.6. The molecule has 1 aliphatic heterocycles. The summed E-state index contributed by atoms with van der Waals surface area (Å²) in [6, 6.07) is 14.1. The topological polar surface area (TPSA) is 20.3 Å². The number of rotatable bonds is 2. The zero-order chi connectivity index (χ0) is 15.7. The Hall–Kier alpha value is -1.98. The van der Waals surface area contributed by atoms with Gasteiger partial charge in [0.1, 0.15) is 5.82 Å². The van der Waals surface area contributed by atoms with Crippen molar-refractivity contribution in [3.05, 3.63) is 70.4 Å². The van der Waals surface area contributed by atoms with E-state index < -0.39 is 0 Å². The number of carbonyl (C=O) groups excluding carboxylic acids is 1. The molecule has 2 nitrogen and oxygen atoms in total. The van der Waals surface area contributed by atoms with Crippen molar-refractivity contribution in [3.8, 4) is 0 Å². The summed E-state index contributed by atoms with van der Waals surface area (Å²) in [5.74, 6) is -0.405. The first-order valence-corrected chi connectivity index (χ1v) is 7.88. The molecule has 3 rings (SSSR count). The minimum absolute atomic E-state index is 0.150. The minimum Gasteiger partial charge on any atom is -0.268 e. The molecule has 0 saturated carbocycles. The van der Waals surface area contributed by atoms with E-state index in [-0.39, 0.29) is 11.7 Å². The van der Waals surface area contributed by atoms with Crippen molar-refractivity contribution in [1.82, 2.24) is 0 Å². The van der Waals surface area contributed by atoms with E-state index in [4.69, 9.17) is 12.2 Å². The molecule has 0 bridgehead atoms. The van der Waals surface area contributed by atoms with E-state index in [1.807, 2.05) is 30.3 Å². The molecule has 1 amide bonds. The van der Waals surface area contributed by atoms with Crippen LogP contribution in [0.25, 0.3) is 6.08 Å². The third-order valence-electron chi connectivity index (χ3n) is 3.29. The van der Waals surface area contributed by atoms with Crippen LogP contribution in [0, 0.1) is 12.7 Å². The highest BCUT2D eigenvalue weighted by atomic mass is 32.2. The van der Waals surface area contributed by atoms with Crippen molar-refractivity contribution >= 4 is 46.0 Å². The molecule has 1 aliphatic rings. The predicted octanol–water partition coefficient (Wildman–Crippen LogP) is 4.54. The number of hydrogen-bond acceptors (Lipinski definition) is 3. The van der Waals surface area contributed by atoms with Gasteiger partial charge in [0.25, 0.3) is 5.91 Å². The van der Waals surface area contributed by atoms with Gasteiger partial charge in [-0.25, -0.2) is 4.39 Å². The Balaban J connectivity index is 1.93. The van der Waals surface area contributed by atoms with Crippen LogP contribution in [0.1, 0.15) is 11.1 Å². The van der Waals surface area contributed by atoms with Gasteiger partial charge in [-0.1, -0.05) is 48.2 Å². The van der Waals surface area contributed by atoms with Crippen LogP contribution in [0.4, 0.5) is 10.1 Å².